The summed E-state index contributed by atoms with van der Waals surface area (Å²) in [6.45, 7) is 0.0498. The molecule has 0 aliphatic carbocycles. The first-order valence-electron chi connectivity index (χ1n) is 10.8. The molecule has 0 aromatic heterocycles. The van der Waals surface area contributed by atoms with Gasteiger partial charge in [0.25, 0.3) is 5.91 Å². The van der Waals surface area contributed by atoms with Crippen molar-refractivity contribution in [1.82, 2.24) is 9.80 Å². The van der Waals surface area contributed by atoms with Crippen molar-refractivity contribution >= 4 is 11.8 Å². The van der Waals surface area contributed by atoms with E-state index in [2.05, 4.69) is 0 Å². The molecular formula is C26H22F2N2O3. The highest BCUT2D eigenvalue weighted by Crippen LogP contribution is 2.43. The van der Waals surface area contributed by atoms with E-state index in [1.807, 2.05) is 24.3 Å². The third-order valence-electron chi connectivity index (χ3n) is 6.61. The Morgan fingerprint density at radius 3 is 2.33 bits per heavy atom. The van der Waals surface area contributed by atoms with Crippen LogP contribution in [0.2, 0.25) is 0 Å². The predicted molar refractivity (Wildman–Crippen MR) is 118 cm³/mol. The van der Waals surface area contributed by atoms with Gasteiger partial charge in [0.15, 0.2) is 0 Å². The van der Waals surface area contributed by atoms with Crippen LogP contribution < -0.4 is 0 Å². The molecule has 2 saturated heterocycles. The number of hydrogen-bond acceptors (Lipinski definition) is 3. The van der Waals surface area contributed by atoms with Crippen LogP contribution in [0.4, 0.5) is 8.78 Å². The fourth-order valence-electron chi connectivity index (χ4n) is 5.01. The Morgan fingerprint density at radius 2 is 1.67 bits per heavy atom. The Bertz CT molecular complexity index is 1200. The maximum atomic E-state index is 14.1. The number of benzene rings is 3. The van der Waals surface area contributed by atoms with Gasteiger partial charge in [-0.2, -0.15) is 0 Å². The summed E-state index contributed by atoms with van der Waals surface area (Å²) in [5.74, 6) is -1.45. The molecule has 0 bridgehead atoms. The number of fused-ring (bicyclic) bond motifs is 1. The van der Waals surface area contributed by atoms with Gasteiger partial charge in [0.2, 0.25) is 5.91 Å². The first-order valence-corrected chi connectivity index (χ1v) is 10.8. The van der Waals surface area contributed by atoms with Crippen molar-refractivity contribution in [2.24, 2.45) is 0 Å². The van der Waals surface area contributed by atoms with E-state index >= 15 is 0 Å². The standard InChI is InChI=1S/C26H22F2N2O3/c27-19-11-9-18(10-12-19)26(33)29-13-22-25(23(15-31)30(22)24(32)14-29)17-7-5-16(6-8-17)20-3-1-2-4-21(20)28/h1-12,22-23,25,31H,13-15H2/t22-,23-,25+/m1/s1. The van der Waals surface area contributed by atoms with E-state index in [4.69, 9.17) is 0 Å². The molecule has 2 aliphatic rings. The van der Waals surface area contributed by atoms with Crippen LogP contribution in [0.1, 0.15) is 21.8 Å². The zero-order valence-electron chi connectivity index (χ0n) is 17.7. The summed E-state index contributed by atoms with van der Waals surface area (Å²) >= 11 is 0. The fourth-order valence-corrected chi connectivity index (χ4v) is 5.01. The van der Waals surface area contributed by atoms with Gasteiger partial charge in [-0.25, -0.2) is 8.78 Å². The second-order valence-corrected chi connectivity index (χ2v) is 8.44. The van der Waals surface area contributed by atoms with E-state index < -0.39 is 5.82 Å². The number of carbonyl (C=O) groups is 2. The molecule has 3 aromatic rings. The SMILES string of the molecule is O=C(c1ccc(F)cc1)N1CC(=O)N2[C@H](CO)[C@@H](c3ccc(-c4ccccc4F)cc3)[C@H]2C1. The molecule has 0 unspecified atom stereocenters. The molecule has 3 aromatic carbocycles. The molecule has 2 heterocycles. The third-order valence-corrected chi connectivity index (χ3v) is 6.61. The summed E-state index contributed by atoms with van der Waals surface area (Å²) in [5.41, 5.74) is 2.48. The normalized spacial score (nSPS) is 22.0. The van der Waals surface area contributed by atoms with Crippen molar-refractivity contribution in [3.05, 3.63) is 95.6 Å². The lowest BCUT2D eigenvalue weighted by Gasteiger charge is -2.58. The number of rotatable bonds is 4. The van der Waals surface area contributed by atoms with E-state index in [1.165, 1.54) is 35.2 Å². The molecule has 0 saturated carbocycles. The zero-order valence-corrected chi connectivity index (χ0v) is 17.7. The second-order valence-electron chi connectivity index (χ2n) is 8.44. The molecule has 7 heteroatoms. The lowest BCUT2D eigenvalue weighted by atomic mass is 9.73. The summed E-state index contributed by atoms with van der Waals surface area (Å²) in [7, 11) is 0. The number of aliphatic hydroxyl groups excluding tert-OH is 1. The molecule has 1 N–H and O–H groups in total. The van der Waals surface area contributed by atoms with Crippen molar-refractivity contribution in [3.8, 4) is 11.1 Å². The van der Waals surface area contributed by atoms with E-state index in [0.29, 0.717) is 17.7 Å². The molecule has 0 radical (unpaired) electrons. The van der Waals surface area contributed by atoms with Gasteiger partial charge in [-0.15, -0.1) is 0 Å². The van der Waals surface area contributed by atoms with Crippen LogP contribution in [-0.2, 0) is 4.79 Å². The number of nitrogens with zero attached hydrogens (tertiary/aromatic N) is 2. The van der Waals surface area contributed by atoms with E-state index in [-0.39, 0.29) is 48.8 Å². The third kappa shape index (κ3) is 3.68. The highest BCUT2D eigenvalue weighted by molar-refractivity contribution is 5.97. The van der Waals surface area contributed by atoms with Crippen LogP contribution in [0.15, 0.2) is 72.8 Å². The minimum Gasteiger partial charge on any atom is -0.394 e. The maximum absolute atomic E-state index is 14.1. The Hall–Kier alpha value is -3.58. The molecule has 0 spiro atoms. The van der Waals surface area contributed by atoms with Crippen molar-refractivity contribution in [3.63, 3.8) is 0 Å². The summed E-state index contributed by atoms with van der Waals surface area (Å²) < 4.78 is 27.4. The minimum absolute atomic E-state index is 0.0812. The van der Waals surface area contributed by atoms with Gasteiger partial charge < -0.3 is 14.9 Å². The summed E-state index contributed by atoms with van der Waals surface area (Å²) in [5, 5.41) is 9.96. The Labute approximate surface area is 189 Å². The maximum Gasteiger partial charge on any atom is 0.254 e. The lowest BCUT2D eigenvalue weighted by molar-refractivity contribution is -0.159. The van der Waals surface area contributed by atoms with Gasteiger partial charge in [0, 0.05) is 23.6 Å². The Kier molecular flexibility index (Phi) is 5.42. The lowest BCUT2D eigenvalue weighted by Crippen LogP contribution is -2.73. The van der Waals surface area contributed by atoms with Crippen LogP contribution in [-0.4, -0.2) is 58.5 Å². The summed E-state index contributed by atoms with van der Waals surface area (Å²) in [6.07, 6.45) is 0. The van der Waals surface area contributed by atoms with Crippen molar-refractivity contribution in [2.45, 2.75) is 18.0 Å². The number of carbonyl (C=O) groups excluding carboxylic acids is 2. The number of aliphatic hydroxyl groups is 1. The smallest absolute Gasteiger partial charge is 0.254 e. The average Bonchev–Trinajstić information content (AvgIpc) is 2.81. The number of piperazine rings is 1. The van der Waals surface area contributed by atoms with Gasteiger partial charge in [0.1, 0.15) is 18.2 Å². The zero-order chi connectivity index (χ0) is 23.1. The van der Waals surface area contributed by atoms with Crippen LogP contribution >= 0.6 is 0 Å². The van der Waals surface area contributed by atoms with E-state index in [9.17, 15) is 23.5 Å². The van der Waals surface area contributed by atoms with Gasteiger partial charge in [-0.1, -0.05) is 42.5 Å². The molecule has 2 amide bonds. The molecule has 33 heavy (non-hydrogen) atoms. The molecule has 5 rings (SSSR count). The van der Waals surface area contributed by atoms with Crippen molar-refractivity contribution in [2.75, 3.05) is 19.7 Å². The number of hydrogen-bond donors (Lipinski definition) is 1. The van der Waals surface area contributed by atoms with Crippen LogP contribution in [0, 0.1) is 11.6 Å². The van der Waals surface area contributed by atoms with Crippen molar-refractivity contribution < 1.29 is 23.5 Å². The quantitative estimate of drug-likeness (QED) is 0.665. The topological polar surface area (TPSA) is 60.9 Å². The largest absolute Gasteiger partial charge is 0.394 e. The predicted octanol–water partition coefficient (Wildman–Crippen LogP) is 3.44. The first-order chi connectivity index (χ1) is 16.0. The molecular weight excluding hydrogens is 426 g/mol. The molecule has 168 valence electrons. The first kappa shape index (κ1) is 21.3. The number of halogens is 2. The Morgan fingerprint density at radius 1 is 0.970 bits per heavy atom. The average molecular weight is 448 g/mol. The monoisotopic (exact) mass is 448 g/mol. The fraction of sp³-hybridized carbons (Fsp3) is 0.231. The van der Waals surface area contributed by atoms with E-state index in [0.717, 1.165) is 11.1 Å². The molecule has 2 fully saturated rings. The highest BCUT2D eigenvalue weighted by Gasteiger charge is 2.54. The van der Waals surface area contributed by atoms with Gasteiger partial charge in [0.05, 0.1) is 18.7 Å². The molecule has 2 aliphatic heterocycles. The molecule has 5 nitrogen and oxygen atoms in total. The minimum atomic E-state index is -0.434. The van der Waals surface area contributed by atoms with Gasteiger partial charge >= 0.3 is 0 Å². The van der Waals surface area contributed by atoms with Crippen molar-refractivity contribution in [1.29, 1.82) is 0 Å². The second kappa shape index (κ2) is 8.41. The number of amides is 2. The summed E-state index contributed by atoms with van der Waals surface area (Å²) in [6, 6.07) is 18.6. The van der Waals surface area contributed by atoms with Gasteiger partial charge in [-0.3, -0.25) is 9.59 Å². The van der Waals surface area contributed by atoms with Crippen LogP contribution in [0.5, 0.6) is 0 Å². The van der Waals surface area contributed by atoms with Crippen LogP contribution in [0.25, 0.3) is 11.1 Å². The van der Waals surface area contributed by atoms with Crippen LogP contribution in [0.3, 0.4) is 0 Å². The molecule has 3 atom stereocenters. The highest BCUT2D eigenvalue weighted by atomic mass is 19.1. The Balaban J connectivity index is 1.39. The summed E-state index contributed by atoms with van der Waals surface area (Å²) in [4.78, 5) is 28.8. The van der Waals surface area contributed by atoms with E-state index in [1.54, 1.807) is 23.1 Å². The van der Waals surface area contributed by atoms with Gasteiger partial charge in [-0.05, 0) is 41.5 Å².